The fourth-order valence-electron chi connectivity index (χ4n) is 2.42. The highest BCUT2D eigenvalue weighted by Crippen LogP contribution is 2.21. The fraction of sp³-hybridized carbons (Fsp3) is 0.500. The maximum absolute atomic E-state index is 13.1. The van der Waals surface area contributed by atoms with Gasteiger partial charge in [-0.25, -0.2) is 13.2 Å². The van der Waals surface area contributed by atoms with Gasteiger partial charge in [-0.2, -0.15) is 0 Å². The zero-order chi connectivity index (χ0) is 14.7. The summed E-state index contributed by atoms with van der Waals surface area (Å²) in [5, 5.41) is 5.49. The van der Waals surface area contributed by atoms with Gasteiger partial charge in [-0.3, -0.25) is 4.79 Å². The summed E-state index contributed by atoms with van der Waals surface area (Å²) in [6.45, 7) is 2.80. The van der Waals surface area contributed by atoms with Gasteiger partial charge in [-0.15, -0.1) is 0 Å². The van der Waals surface area contributed by atoms with Crippen molar-refractivity contribution in [3.05, 3.63) is 29.6 Å². The Labute approximate surface area is 115 Å². The summed E-state index contributed by atoms with van der Waals surface area (Å²) < 4.78 is 39.0. The lowest BCUT2D eigenvalue weighted by Crippen LogP contribution is -2.46. The summed E-state index contributed by atoms with van der Waals surface area (Å²) in [7, 11) is 0. The van der Waals surface area contributed by atoms with Gasteiger partial charge >= 0.3 is 0 Å². The van der Waals surface area contributed by atoms with E-state index in [1.54, 1.807) is 0 Å². The van der Waals surface area contributed by atoms with Crippen molar-refractivity contribution >= 4 is 11.6 Å². The second-order valence-electron chi connectivity index (χ2n) is 5.05. The van der Waals surface area contributed by atoms with Crippen LogP contribution < -0.4 is 10.6 Å². The number of carbonyl (C=O) groups excluding carboxylic acids is 1. The van der Waals surface area contributed by atoms with Crippen molar-refractivity contribution in [2.75, 3.05) is 11.9 Å². The third kappa shape index (κ3) is 3.30. The van der Waals surface area contributed by atoms with Crippen LogP contribution in [0.3, 0.4) is 0 Å². The summed E-state index contributed by atoms with van der Waals surface area (Å²) in [5.74, 6) is -4.06. The number of rotatable bonds is 3. The van der Waals surface area contributed by atoms with E-state index in [9.17, 15) is 18.0 Å². The maximum atomic E-state index is 13.1. The summed E-state index contributed by atoms with van der Waals surface area (Å²) in [5.41, 5.74) is -0.0770. The van der Waals surface area contributed by atoms with Crippen molar-refractivity contribution in [2.24, 2.45) is 5.92 Å². The van der Waals surface area contributed by atoms with E-state index < -0.39 is 17.5 Å². The number of nitrogens with one attached hydrogen (secondary N) is 2. The van der Waals surface area contributed by atoms with Crippen molar-refractivity contribution < 1.29 is 18.0 Å². The molecule has 1 amide bonds. The first kappa shape index (κ1) is 14.8. The number of amides is 1. The topological polar surface area (TPSA) is 41.1 Å². The molecule has 2 rings (SSSR count). The normalized spacial score (nSPS) is 22.6. The van der Waals surface area contributed by atoms with E-state index in [4.69, 9.17) is 0 Å². The van der Waals surface area contributed by atoms with Crippen molar-refractivity contribution in [3.8, 4) is 0 Å². The first-order chi connectivity index (χ1) is 9.51. The molecular formula is C14H17F3N2O. The standard InChI is InChI=1S/C14H17F3N2O/c1-2-8-3-4-18-12(5-8)14(20)19-9-6-10(15)13(17)11(16)7-9/h6-8,12,18H,2-5H2,1H3,(H,19,20). The third-order valence-corrected chi connectivity index (χ3v) is 3.66. The summed E-state index contributed by atoms with van der Waals surface area (Å²) in [4.78, 5) is 12.0. The first-order valence-electron chi connectivity index (χ1n) is 6.70. The predicted octanol–water partition coefficient (Wildman–Crippen LogP) is 2.82. The van der Waals surface area contributed by atoms with Gasteiger partial charge in [0.15, 0.2) is 17.5 Å². The Morgan fingerprint density at radius 2 is 2.00 bits per heavy atom. The summed E-state index contributed by atoms with van der Waals surface area (Å²) in [6.07, 6.45) is 2.69. The number of hydrogen-bond donors (Lipinski definition) is 2. The molecule has 0 spiro atoms. The molecule has 1 aliphatic heterocycles. The SMILES string of the molecule is CCC1CCNC(C(=O)Nc2cc(F)c(F)c(F)c2)C1. The first-order valence-corrected chi connectivity index (χ1v) is 6.70. The van der Waals surface area contributed by atoms with Crippen LogP contribution in [0.25, 0.3) is 0 Å². The molecule has 1 heterocycles. The van der Waals surface area contributed by atoms with Crippen molar-refractivity contribution in [1.29, 1.82) is 0 Å². The van der Waals surface area contributed by atoms with Gasteiger partial charge in [-0.1, -0.05) is 13.3 Å². The van der Waals surface area contributed by atoms with Gasteiger partial charge in [0, 0.05) is 17.8 Å². The smallest absolute Gasteiger partial charge is 0.241 e. The average molecular weight is 286 g/mol. The molecule has 2 atom stereocenters. The molecular weight excluding hydrogens is 269 g/mol. The Balaban J connectivity index is 2.04. The average Bonchev–Trinajstić information content (AvgIpc) is 2.44. The number of anilines is 1. The molecule has 0 bridgehead atoms. The van der Waals surface area contributed by atoms with Crippen LogP contribution >= 0.6 is 0 Å². The number of hydrogen-bond acceptors (Lipinski definition) is 2. The molecule has 1 aromatic carbocycles. The van der Waals surface area contributed by atoms with Gasteiger partial charge in [0.2, 0.25) is 5.91 Å². The molecule has 110 valence electrons. The van der Waals surface area contributed by atoms with E-state index in [0.717, 1.165) is 31.5 Å². The lowest BCUT2D eigenvalue weighted by atomic mass is 9.90. The fourth-order valence-corrected chi connectivity index (χ4v) is 2.42. The zero-order valence-electron chi connectivity index (χ0n) is 11.2. The summed E-state index contributed by atoms with van der Waals surface area (Å²) >= 11 is 0. The highest BCUT2D eigenvalue weighted by atomic mass is 19.2. The van der Waals surface area contributed by atoms with Crippen LogP contribution in [0.5, 0.6) is 0 Å². The molecule has 6 heteroatoms. The highest BCUT2D eigenvalue weighted by Gasteiger charge is 2.26. The predicted molar refractivity (Wildman–Crippen MR) is 69.8 cm³/mol. The molecule has 1 fully saturated rings. The Morgan fingerprint density at radius 1 is 1.35 bits per heavy atom. The van der Waals surface area contributed by atoms with E-state index >= 15 is 0 Å². The molecule has 0 aliphatic carbocycles. The monoisotopic (exact) mass is 286 g/mol. The van der Waals surface area contributed by atoms with E-state index in [1.807, 2.05) is 0 Å². The van der Waals surface area contributed by atoms with Gasteiger partial charge in [0.1, 0.15) is 0 Å². The number of carbonyl (C=O) groups is 1. The largest absolute Gasteiger partial charge is 0.325 e. The molecule has 0 saturated carbocycles. The van der Waals surface area contributed by atoms with Crippen molar-refractivity contribution in [3.63, 3.8) is 0 Å². The molecule has 1 aliphatic rings. The van der Waals surface area contributed by atoms with E-state index in [1.165, 1.54) is 0 Å². The van der Waals surface area contributed by atoms with E-state index in [-0.39, 0.29) is 17.6 Å². The molecule has 2 unspecified atom stereocenters. The van der Waals surface area contributed by atoms with E-state index in [0.29, 0.717) is 12.3 Å². The third-order valence-electron chi connectivity index (χ3n) is 3.66. The molecule has 3 nitrogen and oxygen atoms in total. The number of benzene rings is 1. The molecule has 0 aromatic heterocycles. The minimum Gasteiger partial charge on any atom is -0.325 e. The lowest BCUT2D eigenvalue weighted by Gasteiger charge is -2.28. The van der Waals surface area contributed by atoms with E-state index in [2.05, 4.69) is 17.6 Å². The summed E-state index contributed by atoms with van der Waals surface area (Å²) in [6, 6.07) is 1.16. The van der Waals surface area contributed by atoms with Gasteiger partial charge in [0.25, 0.3) is 0 Å². The number of halogens is 3. The van der Waals surface area contributed by atoms with Gasteiger partial charge in [-0.05, 0) is 25.3 Å². The molecule has 2 N–H and O–H groups in total. The Morgan fingerprint density at radius 3 is 2.60 bits per heavy atom. The van der Waals surface area contributed by atoms with Crippen LogP contribution in [0, 0.1) is 23.4 Å². The maximum Gasteiger partial charge on any atom is 0.241 e. The Hall–Kier alpha value is -1.56. The highest BCUT2D eigenvalue weighted by molar-refractivity contribution is 5.94. The van der Waals surface area contributed by atoms with Crippen molar-refractivity contribution in [1.82, 2.24) is 5.32 Å². The molecule has 1 aromatic rings. The lowest BCUT2D eigenvalue weighted by molar-refractivity contribution is -0.119. The van der Waals surface area contributed by atoms with Crippen molar-refractivity contribution in [2.45, 2.75) is 32.2 Å². The number of piperidine rings is 1. The second-order valence-corrected chi connectivity index (χ2v) is 5.05. The molecule has 0 radical (unpaired) electrons. The van der Waals surface area contributed by atoms with Gasteiger partial charge in [0.05, 0.1) is 6.04 Å². The van der Waals surface area contributed by atoms with Crippen LogP contribution in [0.15, 0.2) is 12.1 Å². The second kappa shape index (κ2) is 6.26. The minimum absolute atomic E-state index is 0.0770. The van der Waals surface area contributed by atoms with Gasteiger partial charge < -0.3 is 10.6 Å². The minimum atomic E-state index is -1.54. The van der Waals surface area contributed by atoms with Crippen LogP contribution in [-0.2, 0) is 4.79 Å². The quantitative estimate of drug-likeness (QED) is 0.839. The molecule has 1 saturated heterocycles. The van der Waals surface area contributed by atoms with Crippen LogP contribution in [0.1, 0.15) is 26.2 Å². The zero-order valence-corrected chi connectivity index (χ0v) is 11.2. The van der Waals surface area contributed by atoms with Crippen LogP contribution in [-0.4, -0.2) is 18.5 Å². The Bertz CT molecular complexity index is 484. The Kier molecular flexibility index (Phi) is 4.65. The molecule has 20 heavy (non-hydrogen) atoms. The van der Waals surface area contributed by atoms with Crippen LogP contribution in [0.2, 0.25) is 0 Å². The van der Waals surface area contributed by atoms with Crippen LogP contribution in [0.4, 0.5) is 18.9 Å².